The van der Waals surface area contributed by atoms with Crippen molar-refractivity contribution < 1.29 is 4.74 Å². The predicted octanol–water partition coefficient (Wildman–Crippen LogP) is 2.97. The lowest BCUT2D eigenvalue weighted by atomic mass is 10.1. The summed E-state index contributed by atoms with van der Waals surface area (Å²) in [5.74, 6) is 0.858. The molecule has 1 fully saturated rings. The normalized spacial score (nSPS) is 15.4. The molecular formula is C22H33N5OS. The molecule has 1 aliphatic rings. The van der Waals surface area contributed by atoms with E-state index < -0.39 is 0 Å². The molecule has 6 nitrogen and oxygen atoms in total. The fraction of sp³-hybridized carbons (Fsp3) is 0.545. The molecule has 29 heavy (non-hydrogen) atoms. The van der Waals surface area contributed by atoms with E-state index in [9.17, 15) is 0 Å². The number of benzene rings is 1. The molecule has 0 unspecified atom stereocenters. The summed E-state index contributed by atoms with van der Waals surface area (Å²) in [6.07, 6.45) is 3.30. The number of hydrogen-bond donors (Lipinski definition) is 2. The number of hydrogen-bond acceptors (Lipinski definition) is 5. The highest BCUT2D eigenvalue weighted by Gasteiger charge is 2.12. The van der Waals surface area contributed by atoms with Crippen LogP contribution < -0.4 is 10.6 Å². The Morgan fingerprint density at radius 1 is 1.17 bits per heavy atom. The highest BCUT2D eigenvalue weighted by atomic mass is 32.1. The van der Waals surface area contributed by atoms with Crippen molar-refractivity contribution >= 4 is 17.3 Å². The van der Waals surface area contributed by atoms with E-state index in [4.69, 9.17) is 4.74 Å². The van der Waals surface area contributed by atoms with Crippen LogP contribution in [-0.4, -0.2) is 55.7 Å². The van der Waals surface area contributed by atoms with E-state index in [-0.39, 0.29) is 0 Å². The Kier molecular flexibility index (Phi) is 8.92. The third-order valence-electron chi connectivity index (χ3n) is 5.06. The van der Waals surface area contributed by atoms with Gasteiger partial charge in [0.05, 0.1) is 18.2 Å². The molecule has 0 saturated carbocycles. The second-order valence-electron chi connectivity index (χ2n) is 7.35. The van der Waals surface area contributed by atoms with Gasteiger partial charge in [-0.1, -0.05) is 24.3 Å². The van der Waals surface area contributed by atoms with Gasteiger partial charge in [-0.2, -0.15) is 0 Å². The summed E-state index contributed by atoms with van der Waals surface area (Å²) in [4.78, 5) is 11.3. The molecule has 1 aliphatic heterocycles. The topological polar surface area (TPSA) is 61.8 Å². The lowest BCUT2D eigenvalue weighted by Crippen LogP contribution is -2.38. The molecular weight excluding hydrogens is 382 g/mol. The molecule has 7 heteroatoms. The molecule has 0 bridgehead atoms. The molecule has 0 spiro atoms. The molecule has 2 N–H and O–H groups in total. The van der Waals surface area contributed by atoms with Crippen molar-refractivity contribution in [3.63, 3.8) is 0 Å². The Morgan fingerprint density at radius 2 is 1.97 bits per heavy atom. The second kappa shape index (κ2) is 11.9. The van der Waals surface area contributed by atoms with E-state index >= 15 is 0 Å². The zero-order valence-corrected chi connectivity index (χ0v) is 18.4. The van der Waals surface area contributed by atoms with Crippen molar-refractivity contribution in [2.45, 2.75) is 39.3 Å². The number of guanidine groups is 1. The Bertz CT molecular complexity index is 770. The zero-order chi connectivity index (χ0) is 20.3. The minimum absolute atomic E-state index is 0.776. The van der Waals surface area contributed by atoms with Gasteiger partial charge in [0.1, 0.15) is 0 Å². The van der Waals surface area contributed by atoms with Crippen molar-refractivity contribution in [3.05, 3.63) is 51.5 Å². The Hall–Kier alpha value is -1.96. The minimum Gasteiger partial charge on any atom is -0.379 e. The van der Waals surface area contributed by atoms with Crippen molar-refractivity contribution in [3.8, 4) is 0 Å². The van der Waals surface area contributed by atoms with E-state index in [1.54, 1.807) is 11.3 Å². The van der Waals surface area contributed by atoms with Gasteiger partial charge >= 0.3 is 0 Å². The van der Waals surface area contributed by atoms with Crippen LogP contribution in [-0.2, 0) is 24.2 Å². The molecule has 0 aliphatic carbocycles. The Labute approximate surface area is 178 Å². The SMILES string of the molecule is CN=C(NCCCCc1nc(C)cs1)NCc1ccccc1CN1CCOCC1. The molecule has 1 aromatic heterocycles. The van der Waals surface area contributed by atoms with Gasteiger partial charge in [0, 0.05) is 50.8 Å². The van der Waals surface area contributed by atoms with Crippen LogP contribution in [0.3, 0.4) is 0 Å². The molecule has 3 rings (SSSR count). The maximum atomic E-state index is 5.46. The number of aromatic nitrogens is 1. The van der Waals surface area contributed by atoms with Gasteiger partial charge in [-0.15, -0.1) is 11.3 Å². The molecule has 2 aromatic rings. The predicted molar refractivity (Wildman–Crippen MR) is 121 cm³/mol. The largest absolute Gasteiger partial charge is 0.379 e. The van der Waals surface area contributed by atoms with Crippen LogP contribution >= 0.6 is 11.3 Å². The lowest BCUT2D eigenvalue weighted by molar-refractivity contribution is 0.0341. The Morgan fingerprint density at radius 3 is 2.69 bits per heavy atom. The molecule has 2 heterocycles. The monoisotopic (exact) mass is 415 g/mol. The molecule has 1 aromatic carbocycles. The van der Waals surface area contributed by atoms with Crippen LogP contribution in [0.25, 0.3) is 0 Å². The first-order valence-electron chi connectivity index (χ1n) is 10.5. The van der Waals surface area contributed by atoms with E-state index in [1.807, 2.05) is 7.05 Å². The van der Waals surface area contributed by atoms with Gasteiger partial charge in [0.25, 0.3) is 0 Å². The van der Waals surface area contributed by atoms with Crippen molar-refractivity contribution in [1.82, 2.24) is 20.5 Å². The third kappa shape index (κ3) is 7.42. The summed E-state index contributed by atoms with van der Waals surface area (Å²) >= 11 is 1.76. The van der Waals surface area contributed by atoms with Crippen LogP contribution in [0.5, 0.6) is 0 Å². The molecule has 0 amide bonds. The molecule has 0 radical (unpaired) electrons. The van der Waals surface area contributed by atoms with E-state index in [2.05, 4.69) is 62.1 Å². The number of aryl methyl sites for hydroxylation is 2. The van der Waals surface area contributed by atoms with E-state index in [0.29, 0.717) is 0 Å². The molecule has 1 saturated heterocycles. The number of morpholine rings is 1. The van der Waals surface area contributed by atoms with Crippen LogP contribution in [0.15, 0.2) is 34.6 Å². The average molecular weight is 416 g/mol. The number of nitrogens with zero attached hydrogens (tertiary/aromatic N) is 3. The molecule has 0 atom stereocenters. The van der Waals surface area contributed by atoms with Crippen molar-refractivity contribution in [2.24, 2.45) is 4.99 Å². The fourth-order valence-electron chi connectivity index (χ4n) is 3.41. The minimum atomic E-state index is 0.776. The van der Waals surface area contributed by atoms with E-state index in [0.717, 1.165) is 76.9 Å². The zero-order valence-electron chi connectivity index (χ0n) is 17.6. The van der Waals surface area contributed by atoms with Crippen molar-refractivity contribution in [2.75, 3.05) is 39.9 Å². The third-order valence-corrected chi connectivity index (χ3v) is 6.09. The van der Waals surface area contributed by atoms with Crippen molar-refractivity contribution in [1.29, 1.82) is 0 Å². The summed E-state index contributed by atoms with van der Waals surface area (Å²) in [7, 11) is 1.83. The fourth-order valence-corrected chi connectivity index (χ4v) is 4.23. The van der Waals surface area contributed by atoms with Gasteiger partial charge in [0.2, 0.25) is 0 Å². The second-order valence-corrected chi connectivity index (χ2v) is 8.29. The number of rotatable bonds is 9. The number of nitrogens with one attached hydrogen (secondary N) is 2. The summed E-state index contributed by atoms with van der Waals surface area (Å²) in [5.41, 5.74) is 3.82. The van der Waals surface area contributed by atoms with E-state index in [1.165, 1.54) is 16.1 Å². The lowest BCUT2D eigenvalue weighted by Gasteiger charge is -2.27. The number of ether oxygens (including phenoxy) is 1. The van der Waals surface area contributed by atoms with Crippen LogP contribution in [0.1, 0.15) is 34.7 Å². The van der Waals surface area contributed by atoms with Crippen LogP contribution in [0.2, 0.25) is 0 Å². The first kappa shape index (κ1) is 21.7. The summed E-state index contributed by atoms with van der Waals surface area (Å²) in [6.45, 7) is 8.40. The summed E-state index contributed by atoms with van der Waals surface area (Å²) in [5, 5.41) is 10.2. The maximum Gasteiger partial charge on any atom is 0.191 e. The van der Waals surface area contributed by atoms with Crippen LogP contribution in [0, 0.1) is 6.92 Å². The number of thiazole rings is 1. The standard InChI is InChI=1S/C22H33N5OS/c1-18-17-29-21(26-18)9-5-6-10-24-22(23-2)25-15-19-7-3-4-8-20(19)16-27-11-13-28-14-12-27/h3-4,7-8,17H,5-6,9-16H2,1-2H3,(H2,23,24,25). The summed E-state index contributed by atoms with van der Waals surface area (Å²) in [6, 6.07) is 8.65. The van der Waals surface area contributed by atoms with Gasteiger partial charge in [-0.25, -0.2) is 4.98 Å². The molecule has 158 valence electrons. The number of unbranched alkanes of at least 4 members (excludes halogenated alkanes) is 1. The highest BCUT2D eigenvalue weighted by molar-refractivity contribution is 7.09. The maximum absolute atomic E-state index is 5.46. The Balaban J connectivity index is 1.39. The van der Waals surface area contributed by atoms with Gasteiger partial charge in [0.15, 0.2) is 5.96 Å². The van der Waals surface area contributed by atoms with Gasteiger partial charge < -0.3 is 15.4 Å². The van der Waals surface area contributed by atoms with Gasteiger partial charge in [-0.05, 0) is 37.3 Å². The first-order valence-corrected chi connectivity index (χ1v) is 11.3. The summed E-state index contributed by atoms with van der Waals surface area (Å²) < 4.78 is 5.46. The highest BCUT2D eigenvalue weighted by Crippen LogP contribution is 2.13. The smallest absolute Gasteiger partial charge is 0.191 e. The van der Waals surface area contributed by atoms with Crippen LogP contribution in [0.4, 0.5) is 0 Å². The first-order chi connectivity index (χ1) is 14.2. The van der Waals surface area contributed by atoms with Gasteiger partial charge in [-0.3, -0.25) is 9.89 Å². The quantitative estimate of drug-likeness (QED) is 0.375. The number of aliphatic imine (C=N–C) groups is 1. The average Bonchev–Trinajstić information content (AvgIpc) is 3.17.